The molecule has 2 unspecified atom stereocenters. The molecule has 0 amide bonds. The first kappa shape index (κ1) is 16.7. The molecule has 1 aromatic carbocycles. The summed E-state index contributed by atoms with van der Waals surface area (Å²) in [5.74, 6) is -0.468. The lowest BCUT2D eigenvalue weighted by molar-refractivity contribution is -0.136. The third kappa shape index (κ3) is 5.73. The van der Waals surface area contributed by atoms with E-state index in [1.165, 1.54) is 6.92 Å². The van der Waals surface area contributed by atoms with Gasteiger partial charge < -0.3 is 15.3 Å². The van der Waals surface area contributed by atoms with Gasteiger partial charge in [0.25, 0.3) is 0 Å². The van der Waals surface area contributed by atoms with Gasteiger partial charge >= 0.3 is 5.97 Å². The molecule has 2 atom stereocenters. The van der Waals surface area contributed by atoms with Crippen molar-refractivity contribution in [3.8, 4) is 0 Å². The number of aliphatic carboxylic acids is 1. The minimum atomic E-state index is -1.04. The SMILES string of the molecule is CC(=O)SCCC(O)C(O)c1ccc(CC(=O)O)cc1. The van der Waals surface area contributed by atoms with E-state index in [1.807, 2.05) is 0 Å². The van der Waals surface area contributed by atoms with E-state index in [-0.39, 0.29) is 11.5 Å². The summed E-state index contributed by atoms with van der Waals surface area (Å²) < 4.78 is 0. The van der Waals surface area contributed by atoms with Gasteiger partial charge in [0, 0.05) is 12.7 Å². The average Bonchev–Trinajstić information content (AvgIpc) is 2.37. The van der Waals surface area contributed by atoms with Crippen molar-refractivity contribution in [2.45, 2.75) is 32.0 Å². The number of rotatable bonds is 7. The molecule has 110 valence electrons. The number of aliphatic hydroxyl groups is 2. The van der Waals surface area contributed by atoms with Crippen molar-refractivity contribution in [1.82, 2.24) is 0 Å². The van der Waals surface area contributed by atoms with E-state index in [1.54, 1.807) is 24.3 Å². The first-order valence-electron chi connectivity index (χ1n) is 6.20. The lowest BCUT2D eigenvalue weighted by atomic mass is 10.0. The molecule has 0 aliphatic heterocycles. The highest BCUT2D eigenvalue weighted by Crippen LogP contribution is 2.21. The fourth-order valence-electron chi connectivity index (χ4n) is 1.71. The van der Waals surface area contributed by atoms with Gasteiger partial charge in [0.2, 0.25) is 0 Å². The molecule has 0 bridgehead atoms. The second-order valence-electron chi connectivity index (χ2n) is 4.45. The summed E-state index contributed by atoms with van der Waals surface area (Å²) in [5, 5.41) is 28.4. The molecule has 0 aliphatic rings. The molecule has 0 fully saturated rings. The van der Waals surface area contributed by atoms with Gasteiger partial charge in [-0.05, 0) is 17.5 Å². The van der Waals surface area contributed by atoms with Crippen LogP contribution in [0.15, 0.2) is 24.3 Å². The van der Waals surface area contributed by atoms with Crippen molar-refractivity contribution < 1.29 is 24.9 Å². The molecular weight excluding hydrogens is 280 g/mol. The summed E-state index contributed by atoms with van der Waals surface area (Å²) in [4.78, 5) is 21.3. The number of carbonyl (C=O) groups excluding carboxylic acids is 1. The number of hydrogen-bond donors (Lipinski definition) is 3. The van der Waals surface area contributed by atoms with Crippen molar-refractivity contribution in [2.24, 2.45) is 0 Å². The van der Waals surface area contributed by atoms with Gasteiger partial charge in [0.1, 0.15) is 6.10 Å². The number of carboxylic acids is 1. The van der Waals surface area contributed by atoms with Crippen LogP contribution in [-0.4, -0.2) is 38.3 Å². The van der Waals surface area contributed by atoms with Gasteiger partial charge in [0.15, 0.2) is 5.12 Å². The third-order valence-electron chi connectivity index (χ3n) is 2.76. The Morgan fingerprint density at radius 1 is 1.20 bits per heavy atom. The highest BCUT2D eigenvalue weighted by atomic mass is 32.2. The van der Waals surface area contributed by atoms with Crippen molar-refractivity contribution in [3.63, 3.8) is 0 Å². The monoisotopic (exact) mass is 298 g/mol. The van der Waals surface area contributed by atoms with Crippen LogP contribution >= 0.6 is 11.8 Å². The van der Waals surface area contributed by atoms with E-state index in [4.69, 9.17) is 5.11 Å². The Balaban J connectivity index is 2.55. The van der Waals surface area contributed by atoms with Crippen LogP contribution in [0.3, 0.4) is 0 Å². The minimum absolute atomic E-state index is 0.0234. The van der Waals surface area contributed by atoms with Crippen molar-refractivity contribution in [1.29, 1.82) is 0 Å². The average molecular weight is 298 g/mol. The Morgan fingerprint density at radius 3 is 2.30 bits per heavy atom. The molecule has 0 saturated heterocycles. The van der Waals surface area contributed by atoms with Crippen LogP contribution in [0.2, 0.25) is 0 Å². The number of carbonyl (C=O) groups is 2. The molecule has 5 nitrogen and oxygen atoms in total. The van der Waals surface area contributed by atoms with Crippen LogP contribution in [0.1, 0.15) is 30.6 Å². The quantitative estimate of drug-likeness (QED) is 0.704. The van der Waals surface area contributed by atoms with Gasteiger partial charge in [-0.3, -0.25) is 9.59 Å². The largest absolute Gasteiger partial charge is 0.481 e. The van der Waals surface area contributed by atoms with Crippen LogP contribution in [0.25, 0.3) is 0 Å². The van der Waals surface area contributed by atoms with Gasteiger partial charge in [-0.2, -0.15) is 0 Å². The van der Waals surface area contributed by atoms with E-state index in [0.29, 0.717) is 23.3 Å². The molecule has 0 heterocycles. The summed E-state index contributed by atoms with van der Waals surface area (Å²) in [7, 11) is 0. The van der Waals surface area contributed by atoms with Crippen LogP contribution in [0, 0.1) is 0 Å². The Kier molecular flexibility index (Phi) is 6.70. The molecule has 0 radical (unpaired) electrons. The summed E-state index contributed by atoms with van der Waals surface area (Å²) in [6.07, 6.45) is -1.76. The molecule has 1 rings (SSSR count). The maximum absolute atomic E-state index is 10.8. The van der Waals surface area contributed by atoms with E-state index >= 15 is 0 Å². The topological polar surface area (TPSA) is 94.8 Å². The summed E-state index contributed by atoms with van der Waals surface area (Å²) in [6.45, 7) is 1.45. The fourth-order valence-corrected chi connectivity index (χ4v) is 2.36. The Bertz CT molecular complexity index is 457. The number of thioether (sulfide) groups is 1. The number of benzene rings is 1. The number of aliphatic hydroxyl groups excluding tert-OH is 2. The lowest BCUT2D eigenvalue weighted by Gasteiger charge is -2.18. The lowest BCUT2D eigenvalue weighted by Crippen LogP contribution is -2.19. The van der Waals surface area contributed by atoms with Crippen LogP contribution in [-0.2, 0) is 16.0 Å². The molecule has 0 saturated carbocycles. The molecule has 0 spiro atoms. The van der Waals surface area contributed by atoms with Crippen molar-refractivity contribution >= 4 is 22.8 Å². The molecule has 0 aliphatic carbocycles. The number of carboxylic acid groups (broad SMARTS) is 1. The molecule has 1 aromatic rings. The van der Waals surface area contributed by atoms with Crippen molar-refractivity contribution in [3.05, 3.63) is 35.4 Å². The zero-order valence-electron chi connectivity index (χ0n) is 11.2. The summed E-state index contributed by atoms with van der Waals surface area (Å²) >= 11 is 1.11. The third-order valence-corrected chi connectivity index (χ3v) is 3.61. The zero-order valence-corrected chi connectivity index (χ0v) is 12.0. The summed E-state index contributed by atoms with van der Waals surface area (Å²) in [6, 6.07) is 6.43. The Morgan fingerprint density at radius 2 is 1.80 bits per heavy atom. The van der Waals surface area contributed by atoms with Crippen LogP contribution < -0.4 is 0 Å². The predicted molar refractivity (Wildman–Crippen MR) is 76.5 cm³/mol. The maximum atomic E-state index is 10.8. The summed E-state index contributed by atoms with van der Waals surface area (Å²) in [5.41, 5.74) is 1.16. The predicted octanol–water partition coefficient (Wildman–Crippen LogP) is 1.38. The minimum Gasteiger partial charge on any atom is -0.481 e. The zero-order chi connectivity index (χ0) is 15.1. The van der Waals surface area contributed by atoms with Crippen molar-refractivity contribution in [2.75, 3.05) is 5.75 Å². The highest BCUT2D eigenvalue weighted by Gasteiger charge is 2.18. The Labute approximate surface area is 121 Å². The standard InChI is InChI=1S/C14H18O5S/c1-9(15)20-7-6-12(16)14(19)11-4-2-10(3-5-11)8-13(17)18/h2-5,12,14,16,19H,6-8H2,1H3,(H,17,18). The van der Waals surface area contributed by atoms with E-state index in [9.17, 15) is 19.8 Å². The van der Waals surface area contributed by atoms with Crippen LogP contribution in [0.5, 0.6) is 0 Å². The molecule has 0 aromatic heterocycles. The second-order valence-corrected chi connectivity index (χ2v) is 5.72. The van der Waals surface area contributed by atoms with E-state index < -0.39 is 18.2 Å². The smallest absolute Gasteiger partial charge is 0.307 e. The van der Waals surface area contributed by atoms with Gasteiger partial charge in [-0.25, -0.2) is 0 Å². The van der Waals surface area contributed by atoms with Gasteiger partial charge in [-0.1, -0.05) is 36.0 Å². The molecule has 3 N–H and O–H groups in total. The normalized spacial score (nSPS) is 13.8. The fraction of sp³-hybridized carbons (Fsp3) is 0.429. The molecule has 20 heavy (non-hydrogen) atoms. The highest BCUT2D eigenvalue weighted by molar-refractivity contribution is 8.13. The van der Waals surface area contributed by atoms with Crippen LogP contribution in [0.4, 0.5) is 0 Å². The first-order chi connectivity index (χ1) is 9.40. The second kappa shape index (κ2) is 8.04. The Hall–Kier alpha value is -1.37. The maximum Gasteiger partial charge on any atom is 0.307 e. The van der Waals surface area contributed by atoms with Gasteiger partial charge in [0.05, 0.1) is 12.5 Å². The molecule has 6 heteroatoms. The van der Waals surface area contributed by atoms with E-state index in [2.05, 4.69) is 0 Å². The first-order valence-corrected chi connectivity index (χ1v) is 7.19. The van der Waals surface area contributed by atoms with Gasteiger partial charge in [-0.15, -0.1) is 0 Å². The number of hydrogen-bond acceptors (Lipinski definition) is 5. The van der Waals surface area contributed by atoms with E-state index in [0.717, 1.165) is 11.8 Å². The molecular formula is C14H18O5S.